The summed E-state index contributed by atoms with van der Waals surface area (Å²) in [5.74, 6) is 1.45. The summed E-state index contributed by atoms with van der Waals surface area (Å²) in [7, 11) is 1.75. The number of hydrogen-bond donors (Lipinski definition) is 0. The molecule has 0 saturated heterocycles. The normalized spacial score (nSPS) is 22.8. The SMILES string of the molecule is COC(C)(C)C1C=CC(C)=C(OI)C1. The highest BCUT2D eigenvalue weighted by Crippen LogP contribution is 2.34. The van der Waals surface area contributed by atoms with Crippen molar-refractivity contribution in [1.29, 1.82) is 0 Å². The first kappa shape index (κ1) is 12.0. The molecule has 0 aromatic heterocycles. The van der Waals surface area contributed by atoms with Gasteiger partial charge in [-0.15, -0.1) is 0 Å². The third-order valence-corrected chi connectivity index (χ3v) is 3.47. The fraction of sp³-hybridized carbons (Fsp3) is 0.636. The molecule has 0 aromatic rings. The zero-order chi connectivity index (χ0) is 10.8. The Balaban J connectivity index is 2.79. The Hall–Kier alpha value is -0.0300. The maximum atomic E-state index is 5.47. The number of ether oxygens (including phenoxy) is 1. The molecule has 0 bridgehead atoms. The summed E-state index contributed by atoms with van der Waals surface area (Å²) in [4.78, 5) is 0. The van der Waals surface area contributed by atoms with Gasteiger partial charge in [0.1, 0.15) is 5.76 Å². The minimum Gasteiger partial charge on any atom is -0.432 e. The van der Waals surface area contributed by atoms with Crippen molar-refractivity contribution in [2.24, 2.45) is 5.92 Å². The zero-order valence-corrected chi connectivity index (χ0v) is 11.3. The van der Waals surface area contributed by atoms with Crippen LogP contribution in [-0.2, 0) is 7.80 Å². The van der Waals surface area contributed by atoms with Crippen LogP contribution in [0.1, 0.15) is 27.2 Å². The summed E-state index contributed by atoms with van der Waals surface area (Å²) in [5.41, 5.74) is 1.08. The average molecular weight is 308 g/mol. The highest BCUT2D eigenvalue weighted by molar-refractivity contribution is 14.1. The van der Waals surface area contributed by atoms with E-state index < -0.39 is 0 Å². The average Bonchev–Trinajstić information content (AvgIpc) is 2.18. The topological polar surface area (TPSA) is 18.5 Å². The van der Waals surface area contributed by atoms with Crippen LogP contribution in [0.3, 0.4) is 0 Å². The summed E-state index contributed by atoms with van der Waals surface area (Å²) < 4.78 is 10.8. The van der Waals surface area contributed by atoms with Gasteiger partial charge in [-0.2, -0.15) is 0 Å². The largest absolute Gasteiger partial charge is 0.432 e. The molecule has 0 heterocycles. The van der Waals surface area contributed by atoms with E-state index in [4.69, 9.17) is 7.80 Å². The van der Waals surface area contributed by atoms with Crippen molar-refractivity contribution >= 4 is 23.0 Å². The van der Waals surface area contributed by atoms with Crippen molar-refractivity contribution in [2.45, 2.75) is 32.8 Å². The lowest BCUT2D eigenvalue weighted by atomic mass is 9.83. The van der Waals surface area contributed by atoms with Crippen molar-refractivity contribution in [2.75, 3.05) is 7.11 Å². The summed E-state index contributed by atoms with van der Waals surface area (Å²) in [6.45, 7) is 6.28. The summed E-state index contributed by atoms with van der Waals surface area (Å²) in [6, 6.07) is 0. The van der Waals surface area contributed by atoms with E-state index >= 15 is 0 Å². The van der Waals surface area contributed by atoms with Gasteiger partial charge in [-0.25, -0.2) is 0 Å². The quantitative estimate of drug-likeness (QED) is 0.741. The van der Waals surface area contributed by atoms with Gasteiger partial charge < -0.3 is 7.80 Å². The Kier molecular flexibility index (Phi) is 4.01. The Labute approximate surface area is 100 Å². The van der Waals surface area contributed by atoms with Crippen molar-refractivity contribution in [3.05, 3.63) is 23.5 Å². The molecule has 0 aliphatic heterocycles. The first-order valence-electron chi connectivity index (χ1n) is 4.73. The lowest BCUT2D eigenvalue weighted by Crippen LogP contribution is -2.33. The zero-order valence-electron chi connectivity index (χ0n) is 9.13. The van der Waals surface area contributed by atoms with Crippen molar-refractivity contribution in [3.8, 4) is 0 Å². The van der Waals surface area contributed by atoms with E-state index in [0.717, 1.165) is 12.2 Å². The smallest absolute Gasteiger partial charge is 0.192 e. The second kappa shape index (κ2) is 4.66. The van der Waals surface area contributed by atoms with Gasteiger partial charge in [-0.05, 0) is 26.3 Å². The van der Waals surface area contributed by atoms with Crippen LogP contribution in [-0.4, -0.2) is 12.7 Å². The Morgan fingerprint density at radius 3 is 2.64 bits per heavy atom. The molecule has 1 aliphatic rings. The van der Waals surface area contributed by atoms with E-state index in [1.54, 1.807) is 7.11 Å². The first-order chi connectivity index (χ1) is 6.51. The van der Waals surface area contributed by atoms with Gasteiger partial charge >= 0.3 is 0 Å². The fourth-order valence-corrected chi connectivity index (χ4v) is 2.03. The van der Waals surface area contributed by atoms with Gasteiger partial charge in [0.2, 0.25) is 0 Å². The summed E-state index contributed by atoms with van der Waals surface area (Å²) >= 11 is 1.94. The molecule has 1 rings (SSSR count). The second-order valence-electron chi connectivity index (χ2n) is 4.16. The molecule has 1 aliphatic carbocycles. The molecule has 0 radical (unpaired) electrons. The predicted octanol–water partition coefficient (Wildman–Crippen LogP) is 3.63. The molecular formula is C11H17IO2. The van der Waals surface area contributed by atoms with Crippen LogP contribution in [0.2, 0.25) is 0 Å². The first-order valence-corrected chi connectivity index (χ1v) is 5.61. The van der Waals surface area contributed by atoms with Gasteiger partial charge in [-0.3, -0.25) is 0 Å². The van der Waals surface area contributed by atoms with Crippen molar-refractivity contribution < 1.29 is 7.80 Å². The molecule has 2 nitrogen and oxygen atoms in total. The molecule has 0 fully saturated rings. The Morgan fingerprint density at radius 1 is 1.50 bits per heavy atom. The van der Waals surface area contributed by atoms with Crippen molar-refractivity contribution in [3.63, 3.8) is 0 Å². The minimum atomic E-state index is -0.127. The summed E-state index contributed by atoms with van der Waals surface area (Å²) in [5, 5.41) is 0. The van der Waals surface area contributed by atoms with E-state index in [-0.39, 0.29) is 5.60 Å². The van der Waals surface area contributed by atoms with Crippen LogP contribution >= 0.6 is 23.0 Å². The third kappa shape index (κ3) is 2.51. The van der Waals surface area contributed by atoms with E-state index in [1.165, 1.54) is 5.57 Å². The Morgan fingerprint density at radius 2 is 2.14 bits per heavy atom. The van der Waals surface area contributed by atoms with Crippen LogP contribution in [0, 0.1) is 5.92 Å². The molecule has 80 valence electrons. The van der Waals surface area contributed by atoms with E-state index in [2.05, 4.69) is 32.9 Å². The number of hydrogen-bond acceptors (Lipinski definition) is 2. The van der Waals surface area contributed by atoms with Gasteiger partial charge in [0, 0.05) is 19.4 Å². The fourth-order valence-electron chi connectivity index (χ4n) is 1.50. The monoisotopic (exact) mass is 308 g/mol. The van der Waals surface area contributed by atoms with E-state index in [0.29, 0.717) is 5.92 Å². The van der Waals surface area contributed by atoms with E-state index in [9.17, 15) is 0 Å². The maximum absolute atomic E-state index is 5.47. The van der Waals surface area contributed by atoms with Gasteiger partial charge in [-0.1, -0.05) is 12.2 Å². The highest BCUT2D eigenvalue weighted by atomic mass is 127. The maximum Gasteiger partial charge on any atom is 0.192 e. The highest BCUT2D eigenvalue weighted by Gasteiger charge is 2.30. The predicted molar refractivity (Wildman–Crippen MR) is 66.1 cm³/mol. The summed E-state index contributed by atoms with van der Waals surface area (Å²) in [6.07, 6.45) is 5.24. The molecule has 1 unspecified atom stereocenters. The van der Waals surface area contributed by atoms with Crippen LogP contribution in [0.25, 0.3) is 0 Å². The van der Waals surface area contributed by atoms with Crippen molar-refractivity contribution in [1.82, 2.24) is 0 Å². The molecule has 0 aromatic carbocycles. The second-order valence-corrected chi connectivity index (χ2v) is 4.60. The third-order valence-electron chi connectivity index (χ3n) is 2.94. The molecule has 0 saturated carbocycles. The molecule has 1 atom stereocenters. The van der Waals surface area contributed by atoms with Crippen LogP contribution in [0.15, 0.2) is 23.5 Å². The lowest BCUT2D eigenvalue weighted by molar-refractivity contribution is -0.0142. The number of halogens is 1. The number of methoxy groups -OCH3 is 1. The van der Waals surface area contributed by atoms with Crippen LogP contribution in [0.5, 0.6) is 0 Å². The van der Waals surface area contributed by atoms with Crippen LogP contribution < -0.4 is 0 Å². The molecule has 3 heteroatoms. The molecule has 0 amide bonds. The standard InChI is InChI=1S/C11H17IO2/c1-8-5-6-9(7-10(8)14-12)11(2,3)13-4/h5-6,9H,7H2,1-4H3. The molecule has 0 N–H and O–H groups in total. The number of allylic oxidation sites excluding steroid dienone is 3. The molecular weight excluding hydrogens is 291 g/mol. The molecule has 0 spiro atoms. The lowest BCUT2D eigenvalue weighted by Gasteiger charge is -2.33. The number of rotatable bonds is 3. The van der Waals surface area contributed by atoms with Gasteiger partial charge in [0.25, 0.3) is 0 Å². The molecule has 14 heavy (non-hydrogen) atoms. The van der Waals surface area contributed by atoms with Gasteiger partial charge in [0.15, 0.2) is 23.0 Å². The van der Waals surface area contributed by atoms with E-state index in [1.807, 2.05) is 23.0 Å². The van der Waals surface area contributed by atoms with Gasteiger partial charge in [0.05, 0.1) is 5.60 Å². The Bertz CT molecular complexity index is 266. The van der Waals surface area contributed by atoms with Crippen LogP contribution in [0.4, 0.5) is 0 Å². The minimum absolute atomic E-state index is 0.127.